The molecule has 0 radical (unpaired) electrons. The monoisotopic (exact) mass is 291 g/mol. The predicted octanol–water partition coefficient (Wildman–Crippen LogP) is 2.33. The van der Waals surface area contributed by atoms with E-state index in [0.717, 1.165) is 36.3 Å². The van der Waals surface area contributed by atoms with Crippen molar-refractivity contribution in [1.29, 1.82) is 0 Å². The molecule has 1 aliphatic heterocycles. The fourth-order valence-corrected chi connectivity index (χ4v) is 3.61. The van der Waals surface area contributed by atoms with Gasteiger partial charge in [-0.25, -0.2) is 0 Å². The third kappa shape index (κ3) is 2.58. The van der Waals surface area contributed by atoms with Gasteiger partial charge in [-0.3, -0.25) is 5.10 Å². The smallest absolute Gasteiger partial charge is 0.245 e. The number of aryl methyl sites for hydroxylation is 2. The highest BCUT2D eigenvalue weighted by Crippen LogP contribution is 2.29. The number of thiophene rings is 1. The number of nitrogens with zero attached hydrogens (tertiary/aromatic N) is 3. The first kappa shape index (κ1) is 13.6. The van der Waals surface area contributed by atoms with E-state index >= 15 is 0 Å². The molecule has 6 heteroatoms. The third-order valence-electron chi connectivity index (χ3n) is 4.01. The molecule has 2 aromatic rings. The van der Waals surface area contributed by atoms with Crippen molar-refractivity contribution in [2.75, 3.05) is 24.5 Å². The third-order valence-corrected chi connectivity index (χ3v) is 5.17. The number of aromatic amines is 1. The fourth-order valence-electron chi connectivity index (χ4n) is 2.63. The molecule has 0 spiro atoms. The van der Waals surface area contributed by atoms with E-state index in [4.69, 9.17) is 5.73 Å². The second-order valence-electron chi connectivity index (χ2n) is 5.52. The molecule has 1 unspecified atom stereocenters. The van der Waals surface area contributed by atoms with Crippen LogP contribution in [-0.4, -0.2) is 34.8 Å². The molecule has 3 heterocycles. The maximum atomic E-state index is 5.79. The number of anilines is 1. The Morgan fingerprint density at radius 1 is 1.50 bits per heavy atom. The second-order valence-corrected chi connectivity index (χ2v) is 6.78. The summed E-state index contributed by atoms with van der Waals surface area (Å²) in [5, 5.41) is 7.45. The van der Waals surface area contributed by atoms with E-state index in [0.29, 0.717) is 5.92 Å². The van der Waals surface area contributed by atoms with Gasteiger partial charge in [0, 0.05) is 18.0 Å². The van der Waals surface area contributed by atoms with Gasteiger partial charge in [0.25, 0.3) is 0 Å². The Bertz CT molecular complexity index is 569. The molecule has 0 saturated carbocycles. The van der Waals surface area contributed by atoms with E-state index in [-0.39, 0.29) is 0 Å². The molecule has 1 saturated heterocycles. The van der Waals surface area contributed by atoms with Gasteiger partial charge in [-0.1, -0.05) is 0 Å². The number of nitrogens with two attached hydrogens (primary N) is 1. The van der Waals surface area contributed by atoms with Crippen molar-refractivity contribution >= 4 is 17.3 Å². The Morgan fingerprint density at radius 2 is 2.35 bits per heavy atom. The standard InChI is InChI=1S/C14H21N5S/c1-9-6-12(20-10(9)2)13-16-14(18-17-13)19-5-3-4-11(7-15)8-19/h6,11H,3-5,7-8,15H2,1-2H3,(H,16,17,18). The molecule has 1 aliphatic rings. The summed E-state index contributed by atoms with van der Waals surface area (Å²) < 4.78 is 0. The first-order valence-electron chi connectivity index (χ1n) is 7.12. The number of hydrogen-bond acceptors (Lipinski definition) is 5. The van der Waals surface area contributed by atoms with Crippen LogP contribution >= 0.6 is 11.3 Å². The minimum Gasteiger partial charge on any atom is -0.339 e. The van der Waals surface area contributed by atoms with E-state index in [1.165, 1.54) is 23.3 Å². The predicted molar refractivity (Wildman–Crippen MR) is 83.2 cm³/mol. The highest BCUT2D eigenvalue weighted by atomic mass is 32.1. The molecule has 108 valence electrons. The van der Waals surface area contributed by atoms with Crippen LogP contribution in [0.15, 0.2) is 6.07 Å². The molecule has 0 amide bonds. The zero-order valence-corrected chi connectivity index (χ0v) is 12.8. The van der Waals surface area contributed by atoms with Crippen LogP contribution in [0.1, 0.15) is 23.3 Å². The normalized spacial score (nSPS) is 19.6. The quantitative estimate of drug-likeness (QED) is 0.910. The summed E-state index contributed by atoms with van der Waals surface area (Å²) in [7, 11) is 0. The molecule has 2 aromatic heterocycles. The maximum Gasteiger partial charge on any atom is 0.245 e. The number of hydrogen-bond donors (Lipinski definition) is 2. The molecule has 0 aromatic carbocycles. The molecule has 0 bridgehead atoms. The molecule has 3 rings (SSSR count). The van der Waals surface area contributed by atoms with Gasteiger partial charge in [-0.15, -0.1) is 16.4 Å². The first-order chi connectivity index (χ1) is 9.67. The fraction of sp³-hybridized carbons (Fsp3) is 0.571. The molecular weight excluding hydrogens is 270 g/mol. The molecule has 3 N–H and O–H groups in total. The lowest BCUT2D eigenvalue weighted by molar-refractivity contribution is 0.420. The zero-order valence-electron chi connectivity index (χ0n) is 12.0. The average molecular weight is 291 g/mol. The molecular formula is C14H21N5S. The van der Waals surface area contributed by atoms with Crippen molar-refractivity contribution in [2.24, 2.45) is 11.7 Å². The van der Waals surface area contributed by atoms with Gasteiger partial charge in [0.05, 0.1) is 4.88 Å². The maximum absolute atomic E-state index is 5.79. The van der Waals surface area contributed by atoms with Crippen LogP contribution in [0, 0.1) is 19.8 Å². The highest BCUT2D eigenvalue weighted by molar-refractivity contribution is 7.15. The Hall–Kier alpha value is -1.40. The van der Waals surface area contributed by atoms with Crippen molar-refractivity contribution in [2.45, 2.75) is 26.7 Å². The Balaban J connectivity index is 1.79. The van der Waals surface area contributed by atoms with Gasteiger partial charge >= 0.3 is 0 Å². The number of aromatic nitrogens is 3. The van der Waals surface area contributed by atoms with Crippen molar-refractivity contribution < 1.29 is 0 Å². The number of H-pyrrole nitrogens is 1. The highest BCUT2D eigenvalue weighted by Gasteiger charge is 2.22. The largest absolute Gasteiger partial charge is 0.339 e. The van der Waals surface area contributed by atoms with Crippen LogP contribution in [0.25, 0.3) is 10.7 Å². The summed E-state index contributed by atoms with van der Waals surface area (Å²) in [6, 6.07) is 2.17. The van der Waals surface area contributed by atoms with Gasteiger partial charge < -0.3 is 10.6 Å². The lowest BCUT2D eigenvalue weighted by Gasteiger charge is -2.31. The lowest BCUT2D eigenvalue weighted by Crippen LogP contribution is -2.38. The topological polar surface area (TPSA) is 70.8 Å². The Labute approximate surface area is 123 Å². The summed E-state index contributed by atoms with van der Waals surface area (Å²) in [5.74, 6) is 2.25. The van der Waals surface area contributed by atoms with Crippen LogP contribution in [0.3, 0.4) is 0 Å². The van der Waals surface area contributed by atoms with Gasteiger partial charge in [0.2, 0.25) is 5.95 Å². The van der Waals surface area contributed by atoms with Crippen molar-refractivity contribution in [3.8, 4) is 10.7 Å². The summed E-state index contributed by atoms with van der Waals surface area (Å²) >= 11 is 1.76. The van der Waals surface area contributed by atoms with Crippen LogP contribution in [0.4, 0.5) is 5.95 Å². The summed E-state index contributed by atoms with van der Waals surface area (Å²) in [5.41, 5.74) is 7.09. The second kappa shape index (κ2) is 5.54. The molecule has 20 heavy (non-hydrogen) atoms. The van der Waals surface area contributed by atoms with Crippen LogP contribution in [0.5, 0.6) is 0 Å². The van der Waals surface area contributed by atoms with Gasteiger partial charge in [0.1, 0.15) is 0 Å². The van der Waals surface area contributed by atoms with Gasteiger partial charge in [0.15, 0.2) is 5.82 Å². The van der Waals surface area contributed by atoms with E-state index in [1.54, 1.807) is 11.3 Å². The van der Waals surface area contributed by atoms with Crippen LogP contribution in [0.2, 0.25) is 0 Å². The number of rotatable bonds is 3. The molecule has 1 fully saturated rings. The number of piperidine rings is 1. The van der Waals surface area contributed by atoms with Crippen molar-refractivity contribution in [3.05, 3.63) is 16.5 Å². The van der Waals surface area contributed by atoms with Gasteiger partial charge in [-0.2, -0.15) is 4.98 Å². The van der Waals surface area contributed by atoms with Crippen molar-refractivity contribution in [1.82, 2.24) is 15.2 Å². The zero-order chi connectivity index (χ0) is 14.1. The van der Waals surface area contributed by atoms with E-state index in [1.807, 2.05) is 0 Å². The summed E-state index contributed by atoms with van der Waals surface area (Å²) in [4.78, 5) is 9.39. The molecule has 1 atom stereocenters. The minimum atomic E-state index is 0.567. The number of nitrogens with one attached hydrogen (secondary N) is 1. The molecule has 5 nitrogen and oxygen atoms in total. The lowest BCUT2D eigenvalue weighted by atomic mass is 9.99. The summed E-state index contributed by atoms with van der Waals surface area (Å²) in [6.45, 7) is 7.00. The Kier molecular flexibility index (Phi) is 3.76. The van der Waals surface area contributed by atoms with E-state index in [9.17, 15) is 0 Å². The minimum absolute atomic E-state index is 0.567. The van der Waals surface area contributed by atoms with Crippen LogP contribution in [-0.2, 0) is 0 Å². The SMILES string of the molecule is Cc1cc(-c2nc(N3CCCC(CN)C3)n[nH]2)sc1C. The van der Waals surface area contributed by atoms with Crippen molar-refractivity contribution in [3.63, 3.8) is 0 Å². The summed E-state index contributed by atoms with van der Waals surface area (Å²) in [6.07, 6.45) is 2.39. The van der Waals surface area contributed by atoms with E-state index in [2.05, 4.69) is 40.0 Å². The van der Waals surface area contributed by atoms with Gasteiger partial charge in [-0.05, 0) is 50.8 Å². The molecule has 0 aliphatic carbocycles. The van der Waals surface area contributed by atoms with Crippen LogP contribution < -0.4 is 10.6 Å². The first-order valence-corrected chi connectivity index (χ1v) is 7.94. The average Bonchev–Trinajstić information content (AvgIpc) is 3.07. The Morgan fingerprint density at radius 3 is 3.05 bits per heavy atom. The van der Waals surface area contributed by atoms with E-state index < -0.39 is 0 Å².